The zero-order chi connectivity index (χ0) is 15.4. The Bertz CT molecular complexity index is 520. The number of likely N-dealkylation sites (tertiary alicyclic amines) is 1. The smallest absolute Gasteiger partial charge is 0.314 e. The number of piperidine rings is 1. The first-order valence-electron chi connectivity index (χ1n) is 7.31. The number of carbonyl (C=O) groups excluding carboxylic acids is 2. The minimum atomic E-state index is -0.611. The first-order valence-corrected chi connectivity index (χ1v) is 7.31. The van der Waals surface area contributed by atoms with Crippen molar-refractivity contribution in [2.24, 2.45) is 0 Å². The first-order chi connectivity index (χ1) is 10.0. The van der Waals surface area contributed by atoms with Crippen molar-refractivity contribution in [3.8, 4) is 5.75 Å². The third-order valence-corrected chi connectivity index (χ3v) is 3.98. The minimum Gasteiger partial charge on any atom is -0.495 e. The Balaban J connectivity index is 2.10. The fourth-order valence-electron chi connectivity index (χ4n) is 2.86. The monoisotopic (exact) mass is 290 g/mol. The van der Waals surface area contributed by atoms with Crippen molar-refractivity contribution in [3.63, 3.8) is 0 Å². The molecule has 0 spiro atoms. The molecule has 1 saturated heterocycles. The lowest BCUT2D eigenvalue weighted by atomic mass is 9.97. The van der Waals surface area contributed by atoms with E-state index in [0.29, 0.717) is 11.4 Å². The molecule has 1 N–H and O–H groups in total. The summed E-state index contributed by atoms with van der Waals surface area (Å²) in [4.78, 5) is 26.3. The van der Waals surface area contributed by atoms with Crippen LogP contribution in [0.25, 0.3) is 0 Å². The molecule has 1 aliphatic heterocycles. The predicted octanol–water partition coefficient (Wildman–Crippen LogP) is 2.42. The Hall–Kier alpha value is -2.04. The van der Waals surface area contributed by atoms with E-state index in [4.69, 9.17) is 4.74 Å². The van der Waals surface area contributed by atoms with E-state index >= 15 is 0 Å². The van der Waals surface area contributed by atoms with Crippen LogP contribution < -0.4 is 10.1 Å². The topological polar surface area (TPSA) is 58.6 Å². The Kier molecular flexibility index (Phi) is 4.83. The van der Waals surface area contributed by atoms with Gasteiger partial charge in [-0.15, -0.1) is 0 Å². The van der Waals surface area contributed by atoms with Gasteiger partial charge in [0.15, 0.2) is 0 Å². The number of hydrogen-bond donors (Lipinski definition) is 1. The number of rotatable bonds is 2. The SMILES string of the molecule is COc1ccccc1NC(=O)C(=O)N1C(C)CCCC1C. The van der Waals surface area contributed by atoms with Gasteiger partial charge in [0.1, 0.15) is 5.75 Å². The number of methoxy groups -OCH3 is 1. The number of ether oxygens (including phenoxy) is 1. The van der Waals surface area contributed by atoms with Crippen molar-refractivity contribution in [1.82, 2.24) is 4.90 Å². The molecule has 1 aliphatic rings. The lowest BCUT2D eigenvalue weighted by Crippen LogP contribution is -2.51. The van der Waals surface area contributed by atoms with Gasteiger partial charge in [-0.3, -0.25) is 9.59 Å². The Morgan fingerprint density at radius 1 is 1.19 bits per heavy atom. The maximum absolute atomic E-state index is 12.4. The number of para-hydroxylation sites is 2. The van der Waals surface area contributed by atoms with Crippen molar-refractivity contribution in [2.45, 2.75) is 45.2 Å². The van der Waals surface area contributed by atoms with E-state index in [1.54, 1.807) is 23.1 Å². The normalized spacial score (nSPS) is 21.8. The highest BCUT2D eigenvalue weighted by atomic mass is 16.5. The minimum absolute atomic E-state index is 0.102. The van der Waals surface area contributed by atoms with Gasteiger partial charge in [-0.25, -0.2) is 0 Å². The summed E-state index contributed by atoms with van der Waals surface area (Å²) in [6.45, 7) is 3.98. The van der Waals surface area contributed by atoms with E-state index in [-0.39, 0.29) is 12.1 Å². The third-order valence-electron chi connectivity index (χ3n) is 3.98. The lowest BCUT2D eigenvalue weighted by Gasteiger charge is -2.38. The maximum Gasteiger partial charge on any atom is 0.314 e. The average Bonchev–Trinajstić information content (AvgIpc) is 2.47. The molecule has 1 fully saturated rings. The molecule has 1 aromatic carbocycles. The second-order valence-electron chi connectivity index (χ2n) is 5.50. The molecule has 0 saturated carbocycles. The number of nitrogens with zero attached hydrogens (tertiary/aromatic N) is 1. The maximum atomic E-state index is 12.4. The quantitative estimate of drug-likeness (QED) is 0.851. The zero-order valence-corrected chi connectivity index (χ0v) is 12.8. The van der Waals surface area contributed by atoms with Crippen LogP contribution >= 0.6 is 0 Å². The third kappa shape index (κ3) is 3.35. The number of nitrogens with one attached hydrogen (secondary N) is 1. The molecular formula is C16H22N2O3. The van der Waals surface area contributed by atoms with Crippen LogP contribution in [0.1, 0.15) is 33.1 Å². The van der Waals surface area contributed by atoms with Crippen LogP contribution in [0.15, 0.2) is 24.3 Å². The van der Waals surface area contributed by atoms with Crippen molar-refractivity contribution < 1.29 is 14.3 Å². The molecule has 2 rings (SSSR count). The van der Waals surface area contributed by atoms with Gasteiger partial charge >= 0.3 is 11.8 Å². The van der Waals surface area contributed by atoms with Crippen LogP contribution in [0.4, 0.5) is 5.69 Å². The summed E-state index contributed by atoms with van der Waals surface area (Å²) in [6.07, 6.45) is 2.98. The van der Waals surface area contributed by atoms with Crippen LogP contribution in [0.5, 0.6) is 5.75 Å². The van der Waals surface area contributed by atoms with E-state index in [1.165, 1.54) is 7.11 Å². The van der Waals surface area contributed by atoms with Gasteiger partial charge in [-0.2, -0.15) is 0 Å². The molecular weight excluding hydrogens is 268 g/mol. The Labute approximate surface area is 125 Å². The van der Waals surface area contributed by atoms with Gasteiger partial charge < -0.3 is 15.0 Å². The van der Waals surface area contributed by atoms with Crippen molar-refractivity contribution >= 4 is 17.5 Å². The van der Waals surface area contributed by atoms with Crippen LogP contribution in [0, 0.1) is 0 Å². The molecule has 0 radical (unpaired) electrons. The molecule has 21 heavy (non-hydrogen) atoms. The highest BCUT2D eigenvalue weighted by molar-refractivity contribution is 6.39. The molecule has 1 heterocycles. The van der Waals surface area contributed by atoms with Crippen molar-refractivity contribution in [3.05, 3.63) is 24.3 Å². The van der Waals surface area contributed by atoms with Crippen LogP contribution in [-0.2, 0) is 9.59 Å². The highest BCUT2D eigenvalue weighted by Crippen LogP contribution is 2.25. The van der Waals surface area contributed by atoms with Crippen LogP contribution in [0.3, 0.4) is 0 Å². The lowest BCUT2D eigenvalue weighted by molar-refractivity contribution is -0.147. The van der Waals surface area contributed by atoms with E-state index in [9.17, 15) is 9.59 Å². The highest BCUT2D eigenvalue weighted by Gasteiger charge is 2.32. The number of amides is 2. The fourth-order valence-corrected chi connectivity index (χ4v) is 2.86. The summed E-state index contributed by atoms with van der Waals surface area (Å²) in [6, 6.07) is 7.26. The van der Waals surface area contributed by atoms with Gasteiger partial charge in [0.2, 0.25) is 0 Å². The summed E-state index contributed by atoms with van der Waals surface area (Å²) in [7, 11) is 1.53. The number of benzene rings is 1. The van der Waals surface area contributed by atoms with E-state index in [2.05, 4.69) is 5.32 Å². The standard InChI is InChI=1S/C16H22N2O3/c1-11-7-6-8-12(2)18(11)16(20)15(19)17-13-9-4-5-10-14(13)21-3/h4-5,9-12H,6-8H2,1-3H3,(H,17,19). The summed E-state index contributed by atoms with van der Waals surface area (Å²) in [5, 5.41) is 2.64. The van der Waals surface area contributed by atoms with Crippen molar-refractivity contribution in [2.75, 3.05) is 12.4 Å². The second kappa shape index (κ2) is 6.61. The largest absolute Gasteiger partial charge is 0.495 e. The molecule has 2 amide bonds. The molecule has 5 nitrogen and oxygen atoms in total. The zero-order valence-electron chi connectivity index (χ0n) is 12.8. The fraction of sp³-hybridized carbons (Fsp3) is 0.500. The second-order valence-corrected chi connectivity index (χ2v) is 5.50. The summed E-state index contributed by atoms with van der Waals surface area (Å²) in [5.74, 6) is -0.543. The van der Waals surface area contributed by atoms with E-state index < -0.39 is 11.8 Å². The molecule has 0 aromatic heterocycles. The average molecular weight is 290 g/mol. The molecule has 2 atom stereocenters. The Morgan fingerprint density at radius 2 is 1.81 bits per heavy atom. The summed E-state index contributed by atoms with van der Waals surface area (Å²) < 4.78 is 5.17. The molecule has 114 valence electrons. The number of carbonyl (C=O) groups is 2. The van der Waals surface area contributed by atoms with Gasteiger partial charge in [0.25, 0.3) is 0 Å². The van der Waals surface area contributed by atoms with Gasteiger partial charge in [0.05, 0.1) is 12.8 Å². The van der Waals surface area contributed by atoms with Crippen LogP contribution in [-0.4, -0.2) is 35.9 Å². The molecule has 0 aliphatic carbocycles. The molecule has 0 bridgehead atoms. The van der Waals surface area contributed by atoms with E-state index in [0.717, 1.165) is 19.3 Å². The van der Waals surface area contributed by atoms with Gasteiger partial charge in [0, 0.05) is 12.1 Å². The summed E-state index contributed by atoms with van der Waals surface area (Å²) in [5.41, 5.74) is 0.510. The van der Waals surface area contributed by atoms with Crippen molar-refractivity contribution in [1.29, 1.82) is 0 Å². The van der Waals surface area contributed by atoms with Gasteiger partial charge in [-0.1, -0.05) is 12.1 Å². The van der Waals surface area contributed by atoms with Gasteiger partial charge in [-0.05, 0) is 45.2 Å². The van der Waals surface area contributed by atoms with E-state index in [1.807, 2.05) is 19.9 Å². The summed E-state index contributed by atoms with van der Waals surface area (Å²) >= 11 is 0. The first kappa shape index (κ1) is 15.4. The predicted molar refractivity (Wildman–Crippen MR) is 81.2 cm³/mol. The van der Waals surface area contributed by atoms with Crippen LogP contribution in [0.2, 0.25) is 0 Å². The molecule has 1 aromatic rings. The number of hydrogen-bond acceptors (Lipinski definition) is 3. The molecule has 2 unspecified atom stereocenters. The Morgan fingerprint density at radius 3 is 2.43 bits per heavy atom. The number of anilines is 1. The molecule has 5 heteroatoms.